The minimum atomic E-state index is 0.428. The van der Waals surface area contributed by atoms with Crippen molar-refractivity contribution in [2.24, 2.45) is 0 Å². The largest absolute Gasteiger partial charge is 0.490 e. The number of ether oxygens (including phenoxy) is 1. The molecule has 1 saturated carbocycles. The van der Waals surface area contributed by atoms with Gasteiger partial charge >= 0.3 is 0 Å². The van der Waals surface area contributed by atoms with Gasteiger partial charge in [0.05, 0.1) is 0 Å². The average Bonchev–Trinajstić information content (AvgIpc) is 2.19. The van der Waals surface area contributed by atoms with E-state index in [1.54, 1.807) is 0 Å². The normalized spacial score (nSPS) is 24.0. The molecule has 1 fully saturated rings. The third kappa shape index (κ3) is 2.57. The molecule has 3 heteroatoms. The van der Waals surface area contributed by atoms with Crippen LogP contribution in [0.2, 0.25) is 0 Å². The molecule has 0 saturated heterocycles. The Kier molecular flexibility index (Phi) is 3.85. The maximum Gasteiger partial charge on any atom is 0.120 e. The third-order valence-corrected chi connectivity index (χ3v) is 5.40. The van der Waals surface area contributed by atoms with Crippen molar-refractivity contribution in [2.75, 3.05) is 6.26 Å². The highest BCUT2D eigenvalue weighted by atomic mass is 79.9. The number of halogens is 1. The predicted molar refractivity (Wildman–Crippen MR) is 74.6 cm³/mol. The van der Waals surface area contributed by atoms with Crippen molar-refractivity contribution >= 4 is 27.7 Å². The van der Waals surface area contributed by atoms with E-state index in [0.29, 0.717) is 6.10 Å². The minimum absolute atomic E-state index is 0.428. The topological polar surface area (TPSA) is 9.23 Å². The van der Waals surface area contributed by atoms with Crippen molar-refractivity contribution in [3.05, 3.63) is 27.7 Å². The number of rotatable bonds is 3. The van der Waals surface area contributed by atoms with Crippen LogP contribution in [0.15, 0.2) is 16.6 Å². The van der Waals surface area contributed by atoms with E-state index in [0.717, 1.165) is 11.0 Å². The molecule has 0 spiro atoms. The molecule has 1 aliphatic carbocycles. The Bertz CT molecular complexity index is 363. The van der Waals surface area contributed by atoms with E-state index < -0.39 is 0 Å². The van der Waals surface area contributed by atoms with Gasteiger partial charge in [-0.15, -0.1) is 0 Å². The fourth-order valence-corrected chi connectivity index (χ4v) is 3.02. The van der Waals surface area contributed by atoms with E-state index in [1.165, 1.54) is 28.4 Å². The van der Waals surface area contributed by atoms with Crippen molar-refractivity contribution in [3.8, 4) is 5.75 Å². The summed E-state index contributed by atoms with van der Waals surface area (Å²) in [5.41, 5.74) is 2.49. The third-order valence-electron chi connectivity index (χ3n) is 3.10. The Morgan fingerprint density at radius 2 is 1.81 bits per heavy atom. The van der Waals surface area contributed by atoms with Crippen LogP contribution < -0.4 is 4.74 Å². The molecular weight excluding hydrogens is 284 g/mol. The average molecular weight is 301 g/mol. The highest BCUT2D eigenvalue weighted by Crippen LogP contribution is 2.34. The second-order valence-corrected chi connectivity index (χ2v) is 6.37. The molecule has 1 nitrogen and oxygen atoms in total. The number of hydrogen-bond donors (Lipinski definition) is 0. The molecule has 0 amide bonds. The van der Waals surface area contributed by atoms with Gasteiger partial charge in [0.1, 0.15) is 11.9 Å². The molecule has 0 aromatic heterocycles. The fourth-order valence-electron chi connectivity index (χ4n) is 1.97. The van der Waals surface area contributed by atoms with Crippen LogP contribution in [-0.2, 0) is 0 Å². The summed E-state index contributed by atoms with van der Waals surface area (Å²) in [7, 11) is 0. The van der Waals surface area contributed by atoms with Gasteiger partial charge in [0.15, 0.2) is 0 Å². The van der Waals surface area contributed by atoms with Gasteiger partial charge in [-0.1, -0.05) is 15.9 Å². The van der Waals surface area contributed by atoms with Crippen LogP contribution in [0.4, 0.5) is 0 Å². The number of hydrogen-bond acceptors (Lipinski definition) is 2. The zero-order chi connectivity index (χ0) is 11.7. The second kappa shape index (κ2) is 5.01. The van der Waals surface area contributed by atoms with E-state index in [9.17, 15) is 0 Å². The number of benzene rings is 1. The maximum absolute atomic E-state index is 5.96. The number of thioether (sulfide) groups is 1. The second-order valence-electron chi connectivity index (χ2n) is 4.44. The quantitative estimate of drug-likeness (QED) is 0.821. The van der Waals surface area contributed by atoms with Crippen LogP contribution in [0, 0.1) is 13.8 Å². The molecule has 16 heavy (non-hydrogen) atoms. The van der Waals surface area contributed by atoms with Gasteiger partial charge in [-0.3, -0.25) is 0 Å². The molecule has 0 atom stereocenters. The Hall–Kier alpha value is -0.150. The SMILES string of the molecule is CSC1CC(Oc2cc(C)c(Br)c(C)c2)C1. The first-order valence-electron chi connectivity index (χ1n) is 5.56. The van der Waals surface area contributed by atoms with E-state index in [-0.39, 0.29) is 0 Å². The lowest BCUT2D eigenvalue weighted by Gasteiger charge is -2.34. The van der Waals surface area contributed by atoms with Gasteiger partial charge in [-0.25, -0.2) is 0 Å². The van der Waals surface area contributed by atoms with Crippen molar-refractivity contribution in [1.82, 2.24) is 0 Å². The smallest absolute Gasteiger partial charge is 0.120 e. The molecule has 0 N–H and O–H groups in total. The standard InChI is InChI=1S/C13H17BrOS/c1-8-4-10(5-9(2)13(8)14)15-11-6-12(7-11)16-3/h4-5,11-12H,6-7H2,1-3H3. The lowest BCUT2D eigenvalue weighted by Crippen LogP contribution is -2.35. The summed E-state index contributed by atoms with van der Waals surface area (Å²) in [6.45, 7) is 4.21. The Morgan fingerprint density at radius 3 is 2.31 bits per heavy atom. The molecule has 1 aromatic carbocycles. The first kappa shape index (κ1) is 12.3. The predicted octanol–water partition coefficient (Wildman–Crippen LogP) is 4.34. The minimum Gasteiger partial charge on any atom is -0.490 e. The Morgan fingerprint density at radius 1 is 1.25 bits per heavy atom. The molecular formula is C13H17BrOS. The van der Waals surface area contributed by atoms with Crippen molar-refractivity contribution in [3.63, 3.8) is 0 Å². The molecule has 1 aromatic rings. The summed E-state index contributed by atoms with van der Waals surface area (Å²) in [4.78, 5) is 0. The van der Waals surface area contributed by atoms with E-state index in [4.69, 9.17) is 4.74 Å². The molecule has 88 valence electrons. The van der Waals surface area contributed by atoms with Crippen LogP contribution in [0.25, 0.3) is 0 Å². The van der Waals surface area contributed by atoms with Crippen LogP contribution in [0.1, 0.15) is 24.0 Å². The highest BCUT2D eigenvalue weighted by Gasteiger charge is 2.30. The molecule has 0 unspecified atom stereocenters. The number of aryl methyl sites for hydroxylation is 2. The summed E-state index contributed by atoms with van der Waals surface area (Å²) in [6, 6.07) is 4.23. The fraction of sp³-hybridized carbons (Fsp3) is 0.538. The highest BCUT2D eigenvalue weighted by molar-refractivity contribution is 9.10. The molecule has 0 bridgehead atoms. The first-order chi connectivity index (χ1) is 7.60. The molecule has 0 radical (unpaired) electrons. The summed E-state index contributed by atoms with van der Waals surface area (Å²) in [5.74, 6) is 1.02. The molecule has 2 rings (SSSR count). The van der Waals surface area contributed by atoms with Crippen LogP contribution in [0.5, 0.6) is 5.75 Å². The van der Waals surface area contributed by atoms with Gasteiger partial charge in [0.25, 0.3) is 0 Å². The zero-order valence-corrected chi connectivity index (χ0v) is 12.3. The van der Waals surface area contributed by atoms with Gasteiger partial charge in [0.2, 0.25) is 0 Å². The molecule has 1 aliphatic rings. The van der Waals surface area contributed by atoms with Gasteiger partial charge in [0, 0.05) is 9.72 Å². The van der Waals surface area contributed by atoms with E-state index >= 15 is 0 Å². The summed E-state index contributed by atoms with van der Waals surface area (Å²) < 4.78 is 7.16. The lowest BCUT2D eigenvalue weighted by atomic mass is 9.95. The molecule has 0 aliphatic heterocycles. The van der Waals surface area contributed by atoms with Crippen LogP contribution in [0.3, 0.4) is 0 Å². The van der Waals surface area contributed by atoms with E-state index in [2.05, 4.69) is 48.2 Å². The van der Waals surface area contributed by atoms with Gasteiger partial charge < -0.3 is 4.74 Å². The Labute approximate surface area is 110 Å². The summed E-state index contributed by atoms with van der Waals surface area (Å²) in [5, 5.41) is 0.808. The van der Waals surface area contributed by atoms with Crippen molar-refractivity contribution < 1.29 is 4.74 Å². The van der Waals surface area contributed by atoms with Crippen LogP contribution in [-0.4, -0.2) is 17.6 Å². The van der Waals surface area contributed by atoms with Gasteiger partial charge in [-0.05, 0) is 56.2 Å². The zero-order valence-electron chi connectivity index (χ0n) is 9.92. The van der Waals surface area contributed by atoms with Crippen LogP contribution >= 0.6 is 27.7 Å². The van der Waals surface area contributed by atoms with Crippen molar-refractivity contribution in [1.29, 1.82) is 0 Å². The molecule has 0 heterocycles. The Balaban J connectivity index is 2.01. The summed E-state index contributed by atoms with van der Waals surface area (Å²) >= 11 is 5.52. The van der Waals surface area contributed by atoms with E-state index in [1.807, 2.05) is 11.8 Å². The lowest BCUT2D eigenvalue weighted by molar-refractivity contribution is 0.126. The maximum atomic E-state index is 5.96. The first-order valence-corrected chi connectivity index (χ1v) is 7.64. The van der Waals surface area contributed by atoms with Crippen molar-refractivity contribution in [2.45, 2.75) is 38.0 Å². The van der Waals surface area contributed by atoms with Gasteiger partial charge in [-0.2, -0.15) is 11.8 Å². The summed E-state index contributed by atoms with van der Waals surface area (Å²) in [6.07, 6.45) is 4.98. The monoisotopic (exact) mass is 300 g/mol.